The molecule has 2 aliphatic heterocycles. The van der Waals surface area contributed by atoms with E-state index in [4.69, 9.17) is 9.47 Å². The van der Waals surface area contributed by atoms with Crippen molar-refractivity contribution in [1.29, 1.82) is 0 Å². The minimum absolute atomic E-state index is 0.00718. The van der Waals surface area contributed by atoms with Gasteiger partial charge in [-0.25, -0.2) is 0 Å². The molecule has 0 bridgehead atoms. The summed E-state index contributed by atoms with van der Waals surface area (Å²) in [4.78, 5) is 40.8. The zero-order valence-electron chi connectivity index (χ0n) is 18.8. The number of aliphatic hydroxyl groups is 1. The Morgan fingerprint density at radius 3 is 2.73 bits per heavy atom. The number of amides is 1. The SMILES string of the molecule is CCCN1C(=O)C(=O)/C(=C(\O)c2ccc3c(c2)N(C)CCO3)C1c1cccc(OC(C)=O)c1. The number of anilines is 1. The highest BCUT2D eigenvalue weighted by Gasteiger charge is 2.45. The summed E-state index contributed by atoms with van der Waals surface area (Å²) >= 11 is 0. The number of esters is 1. The van der Waals surface area contributed by atoms with Gasteiger partial charge in [-0.05, 0) is 42.3 Å². The molecule has 4 rings (SSSR count). The number of ether oxygens (including phenoxy) is 2. The molecule has 33 heavy (non-hydrogen) atoms. The lowest BCUT2D eigenvalue weighted by molar-refractivity contribution is -0.139. The quantitative estimate of drug-likeness (QED) is 0.246. The number of hydrogen-bond donors (Lipinski definition) is 1. The first kappa shape index (κ1) is 22.4. The van der Waals surface area contributed by atoms with E-state index in [0.29, 0.717) is 48.7 Å². The summed E-state index contributed by atoms with van der Waals surface area (Å²) in [5.41, 5.74) is 1.79. The number of nitrogens with zero attached hydrogens (tertiary/aromatic N) is 2. The van der Waals surface area contributed by atoms with Gasteiger partial charge in [0.25, 0.3) is 11.7 Å². The Morgan fingerprint density at radius 1 is 1.21 bits per heavy atom. The fourth-order valence-corrected chi connectivity index (χ4v) is 4.27. The van der Waals surface area contributed by atoms with Gasteiger partial charge in [-0.2, -0.15) is 0 Å². The molecule has 2 aromatic carbocycles. The van der Waals surface area contributed by atoms with E-state index < -0.39 is 23.7 Å². The Morgan fingerprint density at radius 2 is 2.00 bits per heavy atom. The van der Waals surface area contributed by atoms with Crippen molar-refractivity contribution in [2.24, 2.45) is 0 Å². The molecule has 0 spiro atoms. The molecule has 2 aliphatic rings. The van der Waals surface area contributed by atoms with Crippen LogP contribution >= 0.6 is 0 Å². The van der Waals surface area contributed by atoms with Gasteiger partial charge in [0.15, 0.2) is 0 Å². The molecule has 1 saturated heterocycles. The first-order valence-corrected chi connectivity index (χ1v) is 10.9. The third kappa shape index (κ3) is 4.16. The summed E-state index contributed by atoms with van der Waals surface area (Å²) in [6.07, 6.45) is 0.633. The van der Waals surface area contributed by atoms with Crippen molar-refractivity contribution in [3.05, 3.63) is 59.2 Å². The second-order valence-electron chi connectivity index (χ2n) is 8.11. The molecule has 172 valence electrons. The average Bonchev–Trinajstić information content (AvgIpc) is 3.04. The second kappa shape index (κ2) is 8.97. The molecular formula is C25H26N2O6. The smallest absolute Gasteiger partial charge is 0.308 e. The number of rotatable bonds is 5. The van der Waals surface area contributed by atoms with Gasteiger partial charge >= 0.3 is 5.97 Å². The van der Waals surface area contributed by atoms with Crippen LogP contribution in [0.3, 0.4) is 0 Å². The largest absolute Gasteiger partial charge is 0.507 e. The van der Waals surface area contributed by atoms with Crippen LogP contribution in [0.4, 0.5) is 5.69 Å². The van der Waals surface area contributed by atoms with E-state index >= 15 is 0 Å². The number of ketones is 1. The van der Waals surface area contributed by atoms with Crippen LogP contribution in [0, 0.1) is 0 Å². The Bertz CT molecular complexity index is 1160. The first-order chi connectivity index (χ1) is 15.8. The lowest BCUT2D eigenvalue weighted by Gasteiger charge is -2.28. The Labute approximate surface area is 192 Å². The minimum Gasteiger partial charge on any atom is -0.507 e. The molecule has 0 saturated carbocycles. The van der Waals surface area contributed by atoms with Gasteiger partial charge in [0.1, 0.15) is 23.9 Å². The lowest BCUT2D eigenvalue weighted by atomic mass is 9.94. The van der Waals surface area contributed by atoms with Crippen molar-refractivity contribution in [1.82, 2.24) is 4.90 Å². The monoisotopic (exact) mass is 450 g/mol. The number of carbonyl (C=O) groups excluding carboxylic acids is 3. The van der Waals surface area contributed by atoms with Crippen molar-refractivity contribution in [3.63, 3.8) is 0 Å². The standard InChI is InChI=1S/C25H26N2O6/c1-4-10-27-22(16-6-5-7-18(13-16)33-15(2)28)21(24(30)25(27)31)23(29)17-8-9-20-19(14-17)26(3)11-12-32-20/h5-9,13-14,22,29H,4,10-12H2,1-3H3/b23-21-. The fourth-order valence-electron chi connectivity index (χ4n) is 4.27. The molecule has 2 aromatic rings. The molecule has 0 radical (unpaired) electrons. The molecule has 1 atom stereocenters. The zero-order chi connectivity index (χ0) is 23.7. The summed E-state index contributed by atoms with van der Waals surface area (Å²) in [5, 5.41) is 11.3. The van der Waals surface area contributed by atoms with Gasteiger partial charge in [0.2, 0.25) is 0 Å². The van der Waals surface area contributed by atoms with Gasteiger partial charge in [0, 0.05) is 26.1 Å². The highest BCUT2D eigenvalue weighted by Crippen LogP contribution is 2.41. The number of likely N-dealkylation sites (N-methyl/N-ethyl adjacent to an activating group) is 1. The van der Waals surface area contributed by atoms with Crippen LogP contribution in [-0.4, -0.2) is 54.4 Å². The predicted octanol–water partition coefficient (Wildman–Crippen LogP) is 3.27. The zero-order valence-corrected chi connectivity index (χ0v) is 18.8. The van der Waals surface area contributed by atoms with Gasteiger partial charge in [-0.15, -0.1) is 0 Å². The van der Waals surface area contributed by atoms with E-state index in [0.717, 1.165) is 5.69 Å². The molecule has 1 amide bonds. The summed E-state index contributed by atoms with van der Waals surface area (Å²) in [6, 6.07) is 11.0. The van der Waals surface area contributed by atoms with E-state index in [-0.39, 0.29) is 11.3 Å². The number of likely N-dealkylation sites (tertiary alicyclic amines) is 1. The maximum Gasteiger partial charge on any atom is 0.308 e. The molecule has 1 fully saturated rings. The molecule has 2 heterocycles. The van der Waals surface area contributed by atoms with Crippen LogP contribution in [0.1, 0.15) is 37.4 Å². The number of aliphatic hydroxyl groups excluding tert-OH is 1. The normalized spacial score (nSPS) is 19.3. The number of Topliss-reactive ketones (excluding diaryl/α,β-unsaturated/α-hetero) is 1. The molecule has 0 aliphatic carbocycles. The fraction of sp³-hybridized carbons (Fsp3) is 0.320. The van der Waals surface area contributed by atoms with Crippen LogP contribution in [0.25, 0.3) is 5.76 Å². The van der Waals surface area contributed by atoms with Gasteiger partial charge in [0.05, 0.1) is 23.8 Å². The van der Waals surface area contributed by atoms with Crippen LogP contribution < -0.4 is 14.4 Å². The summed E-state index contributed by atoms with van der Waals surface area (Å²) in [7, 11) is 1.92. The highest BCUT2D eigenvalue weighted by molar-refractivity contribution is 6.46. The molecule has 8 nitrogen and oxygen atoms in total. The van der Waals surface area contributed by atoms with Crippen molar-refractivity contribution < 1.29 is 29.0 Å². The number of carbonyl (C=O) groups is 3. The first-order valence-electron chi connectivity index (χ1n) is 10.9. The van der Waals surface area contributed by atoms with E-state index in [1.165, 1.54) is 11.8 Å². The molecular weight excluding hydrogens is 424 g/mol. The summed E-state index contributed by atoms with van der Waals surface area (Å²) in [5.74, 6) is -1.15. The number of fused-ring (bicyclic) bond motifs is 1. The average molecular weight is 450 g/mol. The Balaban J connectivity index is 1.85. The lowest BCUT2D eigenvalue weighted by Crippen LogP contribution is -2.30. The third-order valence-corrected chi connectivity index (χ3v) is 5.77. The minimum atomic E-state index is -0.800. The van der Waals surface area contributed by atoms with Crippen LogP contribution in [0.15, 0.2) is 48.0 Å². The van der Waals surface area contributed by atoms with Crippen LogP contribution in [-0.2, 0) is 14.4 Å². The molecule has 0 aromatic heterocycles. The van der Waals surface area contributed by atoms with Gasteiger partial charge in [-0.1, -0.05) is 19.1 Å². The maximum atomic E-state index is 13.1. The van der Waals surface area contributed by atoms with Crippen molar-refractivity contribution in [2.45, 2.75) is 26.3 Å². The molecule has 8 heteroatoms. The van der Waals surface area contributed by atoms with Crippen molar-refractivity contribution in [3.8, 4) is 11.5 Å². The van der Waals surface area contributed by atoms with E-state index in [1.807, 2.05) is 18.9 Å². The molecule has 1 unspecified atom stereocenters. The topological polar surface area (TPSA) is 96.4 Å². The maximum absolute atomic E-state index is 13.1. The van der Waals surface area contributed by atoms with Crippen LogP contribution in [0.5, 0.6) is 11.5 Å². The van der Waals surface area contributed by atoms with Crippen molar-refractivity contribution in [2.75, 3.05) is 31.6 Å². The number of hydrogen-bond acceptors (Lipinski definition) is 7. The Kier molecular flexibility index (Phi) is 6.09. The van der Waals surface area contributed by atoms with Gasteiger partial charge < -0.3 is 24.4 Å². The van der Waals surface area contributed by atoms with E-state index in [9.17, 15) is 19.5 Å². The second-order valence-corrected chi connectivity index (χ2v) is 8.11. The van der Waals surface area contributed by atoms with Gasteiger partial charge in [-0.3, -0.25) is 14.4 Å². The molecule has 1 N–H and O–H groups in total. The summed E-state index contributed by atoms with van der Waals surface area (Å²) in [6.45, 7) is 4.80. The van der Waals surface area contributed by atoms with Crippen LogP contribution in [0.2, 0.25) is 0 Å². The van der Waals surface area contributed by atoms with E-state index in [1.54, 1.807) is 42.5 Å². The third-order valence-electron chi connectivity index (χ3n) is 5.77. The highest BCUT2D eigenvalue weighted by atomic mass is 16.5. The Hall–Kier alpha value is -3.81. The van der Waals surface area contributed by atoms with Crippen molar-refractivity contribution >= 4 is 29.1 Å². The number of benzene rings is 2. The predicted molar refractivity (Wildman–Crippen MR) is 122 cm³/mol. The summed E-state index contributed by atoms with van der Waals surface area (Å²) < 4.78 is 10.9. The van der Waals surface area contributed by atoms with E-state index in [2.05, 4.69) is 0 Å².